The molecule has 3 rings (SSSR count). The number of hydrogen-bond acceptors (Lipinski definition) is 5. The zero-order chi connectivity index (χ0) is 16.4. The van der Waals surface area contributed by atoms with E-state index in [1.807, 2.05) is 13.8 Å². The molecule has 124 valence electrons. The Hall–Kier alpha value is -1.35. The van der Waals surface area contributed by atoms with Crippen LogP contribution in [-0.2, 0) is 4.74 Å². The molecule has 6 heteroatoms. The van der Waals surface area contributed by atoms with Gasteiger partial charge >= 0.3 is 0 Å². The van der Waals surface area contributed by atoms with Crippen molar-refractivity contribution < 1.29 is 4.74 Å². The Kier molecular flexibility index (Phi) is 5.05. The highest BCUT2D eigenvalue weighted by molar-refractivity contribution is 6.32. The molecule has 3 heterocycles. The third-order valence-electron chi connectivity index (χ3n) is 4.95. The summed E-state index contributed by atoms with van der Waals surface area (Å²) in [5.74, 6) is 0.790. The molecule has 23 heavy (non-hydrogen) atoms. The minimum atomic E-state index is 0.603. The van der Waals surface area contributed by atoms with E-state index in [0.717, 1.165) is 69.3 Å². The third-order valence-corrected chi connectivity index (χ3v) is 5.51. The number of hydrogen-bond donors (Lipinski definition) is 0. The maximum Gasteiger partial charge on any atom is 0.147 e. The van der Waals surface area contributed by atoms with E-state index < -0.39 is 0 Å². The van der Waals surface area contributed by atoms with Gasteiger partial charge in [-0.1, -0.05) is 11.6 Å². The van der Waals surface area contributed by atoms with Crippen LogP contribution in [0.2, 0.25) is 5.02 Å². The molecule has 2 saturated heterocycles. The van der Waals surface area contributed by atoms with Crippen molar-refractivity contribution in [2.75, 3.05) is 44.3 Å². The largest absolute Gasteiger partial charge is 0.381 e. The lowest BCUT2D eigenvalue weighted by Crippen LogP contribution is -2.52. The fourth-order valence-electron chi connectivity index (χ4n) is 3.52. The number of rotatable bonds is 2. The average molecular weight is 335 g/mol. The molecular formula is C17H23ClN4O. The standard InChI is InChI=1S/C17H23ClN4O/c1-12-15(11-19)17(20-13(2)16(12)18)22-7-5-21(6-8-22)14-3-9-23-10-4-14/h14H,3-10H2,1-2H3. The first kappa shape index (κ1) is 16.5. The Balaban J connectivity index is 1.74. The molecule has 1 aromatic heterocycles. The van der Waals surface area contributed by atoms with Crippen LogP contribution in [0.25, 0.3) is 0 Å². The molecule has 2 aliphatic rings. The van der Waals surface area contributed by atoms with E-state index in [1.165, 1.54) is 0 Å². The first-order valence-electron chi connectivity index (χ1n) is 8.25. The van der Waals surface area contributed by atoms with Gasteiger partial charge in [0.2, 0.25) is 0 Å². The van der Waals surface area contributed by atoms with E-state index in [2.05, 4.69) is 20.9 Å². The minimum absolute atomic E-state index is 0.603. The van der Waals surface area contributed by atoms with Crippen LogP contribution in [0.1, 0.15) is 29.7 Å². The molecule has 0 unspecified atom stereocenters. The number of piperazine rings is 1. The Bertz CT molecular complexity index is 614. The number of nitriles is 1. The molecule has 0 saturated carbocycles. The highest BCUT2D eigenvalue weighted by Gasteiger charge is 2.27. The molecule has 0 aromatic carbocycles. The van der Waals surface area contributed by atoms with E-state index in [4.69, 9.17) is 16.3 Å². The molecule has 0 spiro atoms. The second kappa shape index (κ2) is 7.04. The number of halogens is 1. The van der Waals surface area contributed by atoms with Gasteiger partial charge in [-0.05, 0) is 32.3 Å². The highest BCUT2D eigenvalue weighted by atomic mass is 35.5. The summed E-state index contributed by atoms with van der Waals surface area (Å²) < 4.78 is 5.45. The number of ether oxygens (including phenoxy) is 1. The van der Waals surface area contributed by atoms with Crippen molar-refractivity contribution in [1.29, 1.82) is 5.26 Å². The van der Waals surface area contributed by atoms with Gasteiger partial charge in [-0.3, -0.25) is 4.90 Å². The number of anilines is 1. The zero-order valence-corrected chi connectivity index (χ0v) is 14.6. The maximum absolute atomic E-state index is 9.50. The van der Waals surface area contributed by atoms with E-state index in [9.17, 15) is 5.26 Å². The second-order valence-electron chi connectivity index (χ2n) is 6.31. The molecule has 2 aliphatic heterocycles. The van der Waals surface area contributed by atoms with Crippen molar-refractivity contribution in [3.63, 3.8) is 0 Å². The Morgan fingerprint density at radius 1 is 1.17 bits per heavy atom. The lowest BCUT2D eigenvalue weighted by Gasteiger charge is -2.41. The van der Waals surface area contributed by atoms with Crippen LogP contribution < -0.4 is 4.90 Å². The lowest BCUT2D eigenvalue weighted by atomic mass is 10.1. The predicted octanol–water partition coefficient (Wildman–Crippen LogP) is 2.52. The number of pyridine rings is 1. The van der Waals surface area contributed by atoms with Gasteiger partial charge in [0.1, 0.15) is 11.9 Å². The van der Waals surface area contributed by atoms with E-state index in [1.54, 1.807) is 0 Å². The van der Waals surface area contributed by atoms with Crippen molar-refractivity contribution in [3.8, 4) is 6.07 Å². The Morgan fingerprint density at radius 2 is 1.83 bits per heavy atom. The summed E-state index contributed by atoms with van der Waals surface area (Å²) in [6.07, 6.45) is 2.25. The molecule has 5 nitrogen and oxygen atoms in total. The van der Waals surface area contributed by atoms with Crippen molar-refractivity contribution >= 4 is 17.4 Å². The van der Waals surface area contributed by atoms with Gasteiger partial charge in [0.25, 0.3) is 0 Å². The second-order valence-corrected chi connectivity index (χ2v) is 6.69. The van der Waals surface area contributed by atoms with Crippen LogP contribution >= 0.6 is 11.6 Å². The summed E-state index contributed by atoms with van der Waals surface area (Å²) in [5.41, 5.74) is 2.24. The predicted molar refractivity (Wildman–Crippen MR) is 91.1 cm³/mol. The van der Waals surface area contributed by atoms with Crippen LogP contribution in [0.4, 0.5) is 5.82 Å². The van der Waals surface area contributed by atoms with Gasteiger partial charge in [0.05, 0.1) is 16.3 Å². The zero-order valence-electron chi connectivity index (χ0n) is 13.8. The molecule has 0 amide bonds. The molecule has 0 aliphatic carbocycles. The lowest BCUT2D eigenvalue weighted by molar-refractivity contribution is 0.0321. The molecule has 1 aromatic rings. The number of aromatic nitrogens is 1. The first-order chi connectivity index (χ1) is 11.1. The SMILES string of the molecule is Cc1nc(N2CCN(C3CCOCC3)CC2)c(C#N)c(C)c1Cl. The minimum Gasteiger partial charge on any atom is -0.381 e. The molecule has 0 N–H and O–H groups in total. The highest BCUT2D eigenvalue weighted by Crippen LogP contribution is 2.30. The van der Waals surface area contributed by atoms with Crippen LogP contribution in [0.15, 0.2) is 0 Å². The topological polar surface area (TPSA) is 52.4 Å². The fourth-order valence-corrected chi connectivity index (χ4v) is 3.66. The van der Waals surface area contributed by atoms with Crippen molar-refractivity contribution in [1.82, 2.24) is 9.88 Å². The molecule has 2 fully saturated rings. The van der Waals surface area contributed by atoms with Crippen LogP contribution in [0.5, 0.6) is 0 Å². The van der Waals surface area contributed by atoms with Gasteiger partial charge < -0.3 is 9.64 Å². The smallest absolute Gasteiger partial charge is 0.147 e. The monoisotopic (exact) mass is 334 g/mol. The van der Waals surface area contributed by atoms with Crippen LogP contribution in [0.3, 0.4) is 0 Å². The van der Waals surface area contributed by atoms with Crippen LogP contribution in [-0.4, -0.2) is 55.3 Å². The molecule has 0 radical (unpaired) electrons. The summed E-state index contributed by atoms with van der Waals surface area (Å²) in [6.45, 7) is 9.38. The maximum atomic E-state index is 9.50. The fraction of sp³-hybridized carbons (Fsp3) is 0.647. The Labute approximate surface area is 142 Å². The number of aryl methyl sites for hydroxylation is 1. The van der Waals surface area contributed by atoms with Gasteiger partial charge in [0, 0.05) is 45.4 Å². The van der Waals surface area contributed by atoms with Crippen molar-refractivity contribution in [2.45, 2.75) is 32.7 Å². The van der Waals surface area contributed by atoms with Gasteiger partial charge in [-0.15, -0.1) is 0 Å². The molecular weight excluding hydrogens is 312 g/mol. The van der Waals surface area contributed by atoms with Gasteiger partial charge in [0.15, 0.2) is 0 Å². The molecule has 0 bridgehead atoms. The summed E-state index contributed by atoms with van der Waals surface area (Å²) >= 11 is 6.24. The average Bonchev–Trinajstić information content (AvgIpc) is 2.60. The Morgan fingerprint density at radius 3 is 2.43 bits per heavy atom. The van der Waals surface area contributed by atoms with Gasteiger partial charge in [-0.2, -0.15) is 5.26 Å². The van der Waals surface area contributed by atoms with Crippen molar-refractivity contribution in [2.24, 2.45) is 0 Å². The quantitative estimate of drug-likeness (QED) is 0.832. The van der Waals surface area contributed by atoms with Crippen molar-refractivity contribution in [3.05, 3.63) is 21.8 Å². The third kappa shape index (κ3) is 3.30. The van der Waals surface area contributed by atoms with E-state index in [-0.39, 0.29) is 0 Å². The van der Waals surface area contributed by atoms with E-state index >= 15 is 0 Å². The van der Waals surface area contributed by atoms with Gasteiger partial charge in [-0.25, -0.2) is 4.98 Å². The van der Waals surface area contributed by atoms with Crippen LogP contribution in [0, 0.1) is 25.2 Å². The summed E-state index contributed by atoms with van der Waals surface area (Å²) in [7, 11) is 0. The summed E-state index contributed by atoms with van der Waals surface area (Å²) in [4.78, 5) is 9.38. The normalized spacial score (nSPS) is 20.5. The summed E-state index contributed by atoms with van der Waals surface area (Å²) in [5, 5.41) is 10.1. The van der Waals surface area contributed by atoms with E-state index in [0.29, 0.717) is 16.6 Å². The molecule has 0 atom stereocenters. The summed E-state index contributed by atoms with van der Waals surface area (Å²) in [6, 6.07) is 2.93. The number of nitrogens with zero attached hydrogens (tertiary/aromatic N) is 4. The first-order valence-corrected chi connectivity index (χ1v) is 8.63.